The lowest BCUT2D eigenvalue weighted by atomic mass is 10.2. The Morgan fingerprint density at radius 3 is 2.42 bits per heavy atom. The minimum atomic E-state index is -0.134. The second kappa shape index (κ2) is 8.80. The second-order valence-corrected chi connectivity index (χ2v) is 6.59. The molecular weight excluding hydrogens is 334 g/mol. The third-order valence-corrected chi connectivity index (χ3v) is 4.74. The Bertz CT molecular complexity index is 653. The number of anilines is 1. The molecule has 3 amide bonds. The van der Waals surface area contributed by atoms with Gasteiger partial charge in [0.2, 0.25) is 17.7 Å². The lowest BCUT2D eigenvalue weighted by molar-refractivity contribution is -0.137. The fourth-order valence-electron chi connectivity index (χ4n) is 3.20. The maximum absolute atomic E-state index is 12.0. The van der Waals surface area contributed by atoms with E-state index in [1.807, 2.05) is 24.3 Å². The summed E-state index contributed by atoms with van der Waals surface area (Å²) in [4.78, 5) is 39.3. The van der Waals surface area contributed by atoms with Gasteiger partial charge >= 0.3 is 0 Å². The summed E-state index contributed by atoms with van der Waals surface area (Å²) in [5, 5.41) is 2.84. The third-order valence-electron chi connectivity index (χ3n) is 4.74. The van der Waals surface area contributed by atoms with Crippen LogP contribution in [0.25, 0.3) is 0 Å². The van der Waals surface area contributed by atoms with Gasteiger partial charge in [-0.15, -0.1) is 0 Å². The molecule has 0 unspecified atom stereocenters. The van der Waals surface area contributed by atoms with Gasteiger partial charge in [-0.25, -0.2) is 0 Å². The van der Waals surface area contributed by atoms with Crippen LogP contribution in [0.5, 0.6) is 0 Å². The molecule has 0 bridgehead atoms. The Morgan fingerprint density at radius 2 is 1.77 bits per heavy atom. The minimum Gasteiger partial charge on any atom is -0.378 e. The first kappa shape index (κ1) is 18.4. The van der Waals surface area contributed by atoms with E-state index in [0.717, 1.165) is 24.2 Å². The largest absolute Gasteiger partial charge is 0.378 e. The predicted octanol–water partition coefficient (Wildman–Crippen LogP) is 1.07. The van der Waals surface area contributed by atoms with E-state index in [0.29, 0.717) is 39.3 Å². The van der Waals surface area contributed by atoms with E-state index in [2.05, 4.69) is 5.32 Å². The van der Waals surface area contributed by atoms with Crippen molar-refractivity contribution in [3.8, 4) is 0 Å². The Balaban J connectivity index is 1.40. The van der Waals surface area contributed by atoms with Crippen LogP contribution in [-0.4, -0.2) is 55.5 Å². The molecule has 1 aromatic rings. The average molecular weight is 359 g/mol. The molecule has 1 N–H and O–H groups in total. The predicted molar refractivity (Wildman–Crippen MR) is 96.5 cm³/mol. The van der Waals surface area contributed by atoms with Gasteiger partial charge in [-0.1, -0.05) is 12.1 Å². The molecule has 7 heteroatoms. The first-order chi connectivity index (χ1) is 12.6. The number of amides is 3. The highest BCUT2D eigenvalue weighted by Crippen LogP contribution is 2.21. The molecule has 2 aliphatic rings. The highest BCUT2D eigenvalue weighted by molar-refractivity contribution is 5.95. The number of carbonyl (C=O) groups is 3. The van der Waals surface area contributed by atoms with Crippen molar-refractivity contribution < 1.29 is 19.1 Å². The number of nitrogens with zero attached hydrogens (tertiary/aromatic N) is 2. The fraction of sp³-hybridized carbons (Fsp3) is 0.526. The van der Waals surface area contributed by atoms with Gasteiger partial charge in [-0.3, -0.25) is 14.4 Å². The fourth-order valence-corrected chi connectivity index (χ4v) is 3.20. The van der Waals surface area contributed by atoms with Crippen molar-refractivity contribution in [3.63, 3.8) is 0 Å². The molecular formula is C19H25N3O4. The zero-order valence-electron chi connectivity index (χ0n) is 14.9. The van der Waals surface area contributed by atoms with E-state index in [1.54, 1.807) is 9.80 Å². The number of morpholine rings is 1. The number of ether oxygens (including phenoxy) is 1. The number of hydrogen-bond donors (Lipinski definition) is 1. The average Bonchev–Trinajstić information content (AvgIpc) is 3.11. The maximum atomic E-state index is 12.0. The van der Waals surface area contributed by atoms with E-state index < -0.39 is 0 Å². The summed E-state index contributed by atoms with van der Waals surface area (Å²) in [6.07, 6.45) is 1.93. The van der Waals surface area contributed by atoms with Crippen LogP contribution in [0.2, 0.25) is 0 Å². The van der Waals surface area contributed by atoms with Crippen molar-refractivity contribution in [2.75, 3.05) is 37.7 Å². The summed E-state index contributed by atoms with van der Waals surface area (Å²) >= 11 is 0. The number of benzene rings is 1. The standard InChI is InChI=1S/C19H25N3O4/c23-17(7-8-18(24)21-10-12-26-13-11-21)20-14-15-3-5-16(6-4-15)22-9-1-2-19(22)25/h3-6H,1-2,7-14H2,(H,20,23). The van der Waals surface area contributed by atoms with Gasteiger partial charge in [0.1, 0.15) is 0 Å². The minimum absolute atomic E-state index is 0.00285. The van der Waals surface area contributed by atoms with Gasteiger partial charge in [-0.2, -0.15) is 0 Å². The van der Waals surface area contributed by atoms with Crippen molar-refractivity contribution in [2.45, 2.75) is 32.2 Å². The first-order valence-electron chi connectivity index (χ1n) is 9.15. The van der Waals surface area contributed by atoms with Gasteiger partial charge in [-0.05, 0) is 24.1 Å². The van der Waals surface area contributed by atoms with E-state index in [-0.39, 0.29) is 30.6 Å². The van der Waals surface area contributed by atoms with Gasteiger partial charge in [0.25, 0.3) is 0 Å². The number of carbonyl (C=O) groups excluding carboxylic acids is 3. The topological polar surface area (TPSA) is 79.0 Å². The Labute approximate surface area is 153 Å². The molecule has 0 atom stereocenters. The van der Waals surface area contributed by atoms with Gasteiger partial charge in [0.15, 0.2) is 0 Å². The van der Waals surface area contributed by atoms with Crippen molar-refractivity contribution >= 4 is 23.4 Å². The van der Waals surface area contributed by atoms with Crippen LogP contribution in [0.3, 0.4) is 0 Å². The molecule has 1 aromatic carbocycles. The Kier molecular flexibility index (Phi) is 6.22. The summed E-state index contributed by atoms with van der Waals surface area (Å²) in [6, 6.07) is 7.65. The smallest absolute Gasteiger partial charge is 0.227 e. The number of nitrogens with one attached hydrogen (secondary N) is 1. The van der Waals surface area contributed by atoms with Crippen LogP contribution in [-0.2, 0) is 25.7 Å². The van der Waals surface area contributed by atoms with Gasteiger partial charge in [0.05, 0.1) is 13.2 Å². The Hall–Kier alpha value is -2.41. The van der Waals surface area contributed by atoms with E-state index >= 15 is 0 Å². The molecule has 2 fully saturated rings. The third kappa shape index (κ3) is 4.82. The molecule has 26 heavy (non-hydrogen) atoms. The van der Waals surface area contributed by atoms with Crippen molar-refractivity contribution in [1.29, 1.82) is 0 Å². The lowest BCUT2D eigenvalue weighted by Crippen LogP contribution is -2.41. The molecule has 0 spiro atoms. The second-order valence-electron chi connectivity index (χ2n) is 6.59. The van der Waals surface area contributed by atoms with Crippen LogP contribution >= 0.6 is 0 Å². The van der Waals surface area contributed by atoms with Crippen LogP contribution < -0.4 is 10.2 Å². The van der Waals surface area contributed by atoms with Gasteiger partial charge in [0, 0.05) is 51.1 Å². The number of hydrogen-bond acceptors (Lipinski definition) is 4. The number of rotatable bonds is 6. The van der Waals surface area contributed by atoms with Crippen LogP contribution in [0.15, 0.2) is 24.3 Å². The molecule has 2 saturated heterocycles. The molecule has 0 radical (unpaired) electrons. The summed E-state index contributed by atoms with van der Waals surface area (Å²) < 4.78 is 5.21. The lowest BCUT2D eigenvalue weighted by Gasteiger charge is -2.26. The molecule has 0 aliphatic carbocycles. The van der Waals surface area contributed by atoms with Crippen LogP contribution in [0.1, 0.15) is 31.2 Å². The quantitative estimate of drug-likeness (QED) is 0.824. The SMILES string of the molecule is O=C(CCC(=O)N1CCOCC1)NCc1ccc(N2CCCC2=O)cc1. The van der Waals surface area contributed by atoms with Crippen molar-refractivity contribution in [1.82, 2.24) is 10.2 Å². The maximum Gasteiger partial charge on any atom is 0.227 e. The highest BCUT2D eigenvalue weighted by Gasteiger charge is 2.21. The summed E-state index contributed by atoms with van der Waals surface area (Å²) in [5.41, 5.74) is 1.87. The molecule has 7 nitrogen and oxygen atoms in total. The molecule has 0 saturated carbocycles. The monoisotopic (exact) mass is 359 g/mol. The molecule has 0 aromatic heterocycles. The highest BCUT2D eigenvalue weighted by atomic mass is 16.5. The van der Waals surface area contributed by atoms with Crippen molar-refractivity contribution in [2.24, 2.45) is 0 Å². The van der Waals surface area contributed by atoms with E-state index in [4.69, 9.17) is 4.74 Å². The van der Waals surface area contributed by atoms with E-state index in [1.165, 1.54) is 0 Å². The van der Waals surface area contributed by atoms with Crippen LogP contribution in [0, 0.1) is 0 Å². The van der Waals surface area contributed by atoms with Gasteiger partial charge < -0.3 is 19.9 Å². The summed E-state index contributed by atoms with van der Waals surface area (Å²) in [5.74, 6) is 0.0319. The first-order valence-corrected chi connectivity index (χ1v) is 9.15. The normalized spacial score (nSPS) is 17.5. The zero-order chi connectivity index (χ0) is 18.4. The summed E-state index contributed by atoms with van der Waals surface area (Å²) in [7, 11) is 0. The zero-order valence-corrected chi connectivity index (χ0v) is 14.9. The van der Waals surface area contributed by atoms with Crippen molar-refractivity contribution in [3.05, 3.63) is 29.8 Å². The Morgan fingerprint density at radius 1 is 1.04 bits per heavy atom. The van der Waals surface area contributed by atoms with E-state index in [9.17, 15) is 14.4 Å². The molecule has 2 heterocycles. The molecule has 140 valence electrons. The molecule has 3 rings (SSSR count). The molecule has 2 aliphatic heterocycles. The van der Waals surface area contributed by atoms with Crippen LogP contribution in [0.4, 0.5) is 5.69 Å². The summed E-state index contributed by atoms with van der Waals surface area (Å²) in [6.45, 7) is 3.53.